The second-order valence-corrected chi connectivity index (χ2v) is 9.65. The fourth-order valence-corrected chi connectivity index (χ4v) is 5.49. The van der Waals surface area contributed by atoms with E-state index in [2.05, 4.69) is 4.98 Å². The molecule has 0 fully saturated rings. The van der Waals surface area contributed by atoms with Crippen LogP contribution in [0.1, 0.15) is 27.9 Å². The van der Waals surface area contributed by atoms with Gasteiger partial charge in [-0.2, -0.15) is 0 Å². The van der Waals surface area contributed by atoms with Crippen LogP contribution in [-0.2, 0) is 4.79 Å². The molecule has 0 radical (unpaired) electrons. The largest absolute Gasteiger partial charge is 0.503 e. The first kappa shape index (κ1) is 24.6. The minimum absolute atomic E-state index is 0.0603. The molecule has 2 aromatic heterocycles. The number of ether oxygens (including phenoxy) is 2. The molecule has 0 aliphatic carbocycles. The van der Waals surface area contributed by atoms with E-state index in [0.29, 0.717) is 38.7 Å². The Hall–Kier alpha value is -4.69. The van der Waals surface area contributed by atoms with Crippen LogP contribution in [0, 0.1) is 6.92 Å². The summed E-state index contributed by atoms with van der Waals surface area (Å²) < 4.78 is 16.7. The Kier molecular flexibility index (Phi) is 5.84. The molecule has 3 heterocycles. The highest BCUT2D eigenvalue weighted by molar-refractivity contribution is 6.31. The van der Waals surface area contributed by atoms with Crippen LogP contribution in [0.4, 0.5) is 5.69 Å². The number of fused-ring (bicyclic) bond motifs is 2. The fraction of sp³-hybridized carbons (Fsp3) is 0.133. The first-order valence-electron chi connectivity index (χ1n) is 12.1. The number of furan rings is 1. The van der Waals surface area contributed by atoms with E-state index < -0.39 is 23.5 Å². The number of nitrogens with zero attached hydrogens (tertiary/aromatic N) is 1. The number of aromatic amines is 1. The maximum atomic E-state index is 14.1. The maximum Gasteiger partial charge on any atom is 0.294 e. The molecule has 0 spiro atoms. The second kappa shape index (κ2) is 9.25. The van der Waals surface area contributed by atoms with Crippen LogP contribution in [0.5, 0.6) is 11.5 Å². The van der Waals surface area contributed by atoms with Gasteiger partial charge in [-0.3, -0.25) is 14.5 Å². The molecule has 196 valence electrons. The normalized spacial score (nSPS) is 15.5. The number of nitrogens with one attached hydrogen (secondary N) is 1. The predicted molar refractivity (Wildman–Crippen MR) is 148 cm³/mol. The van der Waals surface area contributed by atoms with Crippen molar-refractivity contribution in [2.24, 2.45) is 0 Å². The Balaban J connectivity index is 1.57. The standard InChI is InChI=1S/C30H23ClN2O6/c1-15-24(20-9-4-5-10-21(20)32-15)26-25(28(35)30(36)33(26)18-7-6-8-19(14-18)37-2)27(34)22-12-16-11-17(31)13-23(38-3)29(16)39-22/h4-14,26,32,35H,1-3H3. The number of aliphatic hydroxyl groups is 1. The van der Waals surface area contributed by atoms with Gasteiger partial charge in [0.25, 0.3) is 5.91 Å². The molecule has 1 atom stereocenters. The number of carbonyl (C=O) groups is 2. The van der Waals surface area contributed by atoms with Crippen LogP contribution in [0.3, 0.4) is 0 Å². The van der Waals surface area contributed by atoms with Gasteiger partial charge >= 0.3 is 0 Å². The molecule has 3 aromatic carbocycles. The van der Waals surface area contributed by atoms with Crippen LogP contribution in [0.25, 0.3) is 21.9 Å². The number of aryl methyl sites for hydroxylation is 1. The van der Waals surface area contributed by atoms with E-state index in [1.807, 2.05) is 31.2 Å². The van der Waals surface area contributed by atoms with E-state index in [0.717, 1.165) is 16.6 Å². The van der Waals surface area contributed by atoms with E-state index in [4.69, 9.17) is 25.5 Å². The number of rotatable bonds is 6. The summed E-state index contributed by atoms with van der Waals surface area (Å²) >= 11 is 6.22. The number of halogens is 1. The summed E-state index contributed by atoms with van der Waals surface area (Å²) in [5, 5.41) is 13.0. The molecule has 0 saturated carbocycles. The van der Waals surface area contributed by atoms with Gasteiger partial charge in [-0.15, -0.1) is 0 Å². The third-order valence-corrected chi connectivity index (χ3v) is 7.21. The number of H-pyrrole nitrogens is 1. The van der Waals surface area contributed by atoms with E-state index in [9.17, 15) is 14.7 Å². The van der Waals surface area contributed by atoms with Crippen molar-refractivity contribution in [1.82, 2.24) is 4.98 Å². The van der Waals surface area contributed by atoms with Crippen LogP contribution in [0.15, 0.2) is 82.5 Å². The summed E-state index contributed by atoms with van der Waals surface area (Å²) in [7, 11) is 3.00. The van der Waals surface area contributed by atoms with Gasteiger partial charge in [-0.05, 0) is 37.3 Å². The lowest BCUT2D eigenvalue weighted by molar-refractivity contribution is -0.117. The highest BCUT2D eigenvalue weighted by Crippen LogP contribution is 2.46. The number of aliphatic hydroxyl groups excluding tert-OH is 1. The minimum Gasteiger partial charge on any atom is -0.503 e. The number of hydrogen-bond donors (Lipinski definition) is 2. The van der Waals surface area contributed by atoms with E-state index >= 15 is 0 Å². The summed E-state index contributed by atoms with van der Waals surface area (Å²) in [6.45, 7) is 1.87. The van der Waals surface area contributed by atoms with Gasteiger partial charge in [-0.25, -0.2) is 0 Å². The first-order valence-corrected chi connectivity index (χ1v) is 12.5. The maximum absolute atomic E-state index is 14.1. The van der Waals surface area contributed by atoms with Crippen LogP contribution in [0.2, 0.25) is 5.02 Å². The number of benzene rings is 3. The van der Waals surface area contributed by atoms with Crippen molar-refractivity contribution in [1.29, 1.82) is 0 Å². The summed E-state index contributed by atoms with van der Waals surface area (Å²) in [5.74, 6) is -1.17. The monoisotopic (exact) mass is 542 g/mol. The zero-order chi connectivity index (χ0) is 27.4. The lowest BCUT2D eigenvalue weighted by atomic mass is 9.92. The Labute approximate surface area is 228 Å². The number of ketones is 1. The van der Waals surface area contributed by atoms with Crippen LogP contribution in [-0.4, -0.2) is 36.0 Å². The summed E-state index contributed by atoms with van der Waals surface area (Å²) in [6.07, 6.45) is 0. The summed E-state index contributed by atoms with van der Waals surface area (Å²) in [5.41, 5.74) is 2.97. The van der Waals surface area contributed by atoms with Crippen molar-refractivity contribution in [3.05, 3.63) is 100 Å². The number of anilines is 1. The molecule has 0 saturated heterocycles. The molecule has 9 heteroatoms. The van der Waals surface area contributed by atoms with Gasteiger partial charge in [0.05, 0.1) is 25.8 Å². The molecule has 1 amide bonds. The van der Waals surface area contributed by atoms with E-state index in [1.165, 1.54) is 25.2 Å². The third-order valence-electron chi connectivity index (χ3n) is 6.99. The Morgan fingerprint density at radius 3 is 2.62 bits per heavy atom. The average Bonchev–Trinajstić information content (AvgIpc) is 3.58. The Morgan fingerprint density at radius 1 is 1.05 bits per heavy atom. The van der Waals surface area contributed by atoms with Crippen molar-refractivity contribution in [2.45, 2.75) is 13.0 Å². The summed E-state index contributed by atoms with van der Waals surface area (Å²) in [6, 6.07) is 18.3. The number of carbonyl (C=O) groups excluding carboxylic acids is 2. The van der Waals surface area contributed by atoms with E-state index in [-0.39, 0.29) is 11.3 Å². The number of amides is 1. The number of Topliss-reactive ketones (excluding diaryl/α,β-unsaturated/α-hetero) is 1. The van der Waals surface area contributed by atoms with Crippen molar-refractivity contribution in [3.8, 4) is 11.5 Å². The molecule has 1 unspecified atom stereocenters. The molecule has 5 aromatic rings. The first-order chi connectivity index (χ1) is 18.8. The Bertz CT molecular complexity index is 1830. The topological polar surface area (TPSA) is 105 Å². The lowest BCUT2D eigenvalue weighted by Gasteiger charge is -2.27. The van der Waals surface area contributed by atoms with Crippen molar-refractivity contribution in [2.75, 3.05) is 19.1 Å². The quantitative estimate of drug-likeness (QED) is 0.232. The molecule has 0 bridgehead atoms. The molecule has 2 N–H and O–H groups in total. The number of para-hydroxylation sites is 1. The zero-order valence-corrected chi connectivity index (χ0v) is 22.0. The highest BCUT2D eigenvalue weighted by atomic mass is 35.5. The Morgan fingerprint density at radius 2 is 1.85 bits per heavy atom. The van der Waals surface area contributed by atoms with Crippen molar-refractivity contribution in [3.63, 3.8) is 0 Å². The number of aromatic nitrogens is 1. The number of methoxy groups -OCH3 is 2. The van der Waals surface area contributed by atoms with E-state index in [1.54, 1.807) is 36.4 Å². The molecule has 1 aliphatic heterocycles. The third kappa shape index (κ3) is 3.83. The van der Waals surface area contributed by atoms with Gasteiger partial charge in [0.2, 0.25) is 5.78 Å². The SMILES string of the molecule is COc1cccc(N2C(=O)C(O)=C(C(=O)c3cc4cc(Cl)cc(OC)c4o3)C2c2c(C)[nH]c3ccccc23)c1. The summed E-state index contributed by atoms with van der Waals surface area (Å²) in [4.78, 5) is 32.5. The molecule has 1 aliphatic rings. The smallest absolute Gasteiger partial charge is 0.294 e. The number of hydrogen-bond acceptors (Lipinski definition) is 6. The van der Waals surface area contributed by atoms with Crippen LogP contribution < -0.4 is 14.4 Å². The van der Waals surface area contributed by atoms with Crippen LogP contribution >= 0.6 is 11.6 Å². The molecular weight excluding hydrogens is 520 g/mol. The molecule has 39 heavy (non-hydrogen) atoms. The highest BCUT2D eigenvalue weighted by Gasteiger charge is 2.47. The van der Waals surface area contributed by atoms with Gasteiger partial charge < -0.3 is 24.0 Å². The fourth-order valence-electron chi connectivity index (χ4n) is 5.27. The minimum atomic E-state index is -0.952. The lowest BCUT2D eigenvalue weighted by Crippen LogP contribution is -2.31. The van der Waals surface area contributed by atoms with Crippen molar-refractivity contribution >= 4 is 50.9 Å². The van der Waals surface area contributed by atoms with Gasteiger partial charge in [-0.1, -0.05) is 35.9 Å². The second-order valence-electron chi connectivity index (χ2n) is 9.22. The predicted octanol–water partition coefficient (Wildman–Crippen LogP) is 6.68. The molecule has 8 nitrogen and oxygen atoms in total. The van der Waals surface area contributed by atoms with Gasteiger partial charge in [0, 0.05) is 50.4 Å². The van der Waals surface area contributed by atoms with Crippen molar-refractivity contribution < 1.29 is 28.6 Å². The van der Waals surface area contributed by atoms with Gasteiger partial charge in [0.15, 0.2) is 22.9 Å². The van der Waals surface area contributed by atoms with Gasteiger partial charge in [0.1, 0.15) is 5.75 Å². The molecule has 6 rings (SSSR count). The average molecular weight is 543 g/mol. The molecular formula is C30H23ClN2O6. The zero-order valence-electron chi connectivity index (χ0n) is 21.2.